The second kappa shape index (κ2) is 5.70. The predicted molar refractivity (Wildman–Crippen MR) is 83.9 cm³/mol. The van der Waals surface area contributed by atoms with Crippen molar-refractivity contribution < 1.29 is 4.79 Å². The van der Waals surface area contributed by atoms with Gasteiger partial charge in [0.2, 0.25) is 0 Å². The third-order valence-electron chi connectivity index (χ3n) is 4.27. The van der Waals surface area contributed by atoms with E-state index in [0.717, 1.165) is 24.2 Å². The number of hydrogen-bond donors (Lipinski definition) is 1. The lowest BCUT2D eigenvalue weighted by molar-refractivity contribution is 0.0742. The second-order valence-corrected chi connectivity index (χ2v) is 5.59. The molecule has 1 unspecified atom stereocenters. The number of nitrogens with zero attached hydrogens (tertiary/aromatic N) is 1. The van der Waals surface area contributed by atoms with Crippen LogP contribution in [0.4, 0.5) is 0 Å². The number of carbonyl (C=O) groups is 1. The topological polar surface area (TPSA) is 32.3 Å². The first-order valence-corrected chi connectivity index (χ1v) is 7.31. The van der Waals surface area contributed by atoms with Crippen molar-refractivity contribution in [1.29, 1.82) is 0 Å². The molecule has 2 aromatic carbocycles. The Morgan fingerprint density at radius 1 is 1.10 bits per heavy atom. The standard InChI is InChI=1S/C18H20N2O/c1-13(14-6-4-3-5-7-14)20(2)18(21)15-8-9-16-11-19-12-17(16)10-15/h3-10,13,19H,11-12H2,1-2H3. The zero-order chi connectivity index (χ0) is 14.8. The molecule has 0 radical (unpaired) electrons. The molecule has 0 saturated carbocycles. The molecule has 1 atom stereocenters. The first-order valence-electron chi connectivity index (χ1n) is 7.31. The third kappa shape index (κ3) is 2.69. The highest BCUT2D eigenvalue weighted by Crippen LogP contribution is 2.22. The molecule has 21 heavy (non-hydrogen) atoms. The van der Waals surface area contributed by atoms with E-state index in [1.54, 1.807) is 4.90 Å². The number of hydrogen-bond acceptors (Lipinski definition) is 2. The lowest BCUT2D eigenvalue weighted by Gasteiger charge is -2.25. The maximum atomic E-state index is 12.7. The molecule has 3 heteroatoms. The van der Waals surface area contributed by atoms with Crippen LogP contribution in [0.1, 0.15) is 40.0 Å². The highest BCUT2D eigenvalue weighted by molar-refractivity contribution is 5.94. The van der Waals surface area contributed by atoms with Gasteiger partial charge in [0.1, 0.15) is 0 Å². The average Bonchev–Trinajstić information content (AvgIpc) is 3.01. The summed E-state index contributed by atoms with van der Waals surface area (Å²) in [6.07, 6.45) is 0. The first-order chi connectivity index (χ1) is 10.2. The first kappa shape index (κ1) is 13.8. The molecular weight excluding hydrogens is 260 g/mol. The van der Waals surface area contributed by atoms with Gasteiger partial charge in [-0.05, 0) is 35.7 Å². The highest BCUT2D eigenvalue weighted by Gasteiger charge is 2.20. The van der Waals surface area contributed by atoms with Crippen molar-refractivity contribution in [1.82, 2.24) is 10.2 Å². The van der Waals surface area contributed by atoms with Crippen molar-refractivity contribution in [3.05, 3.63) is 70.8 Å². The zero-order valence-corrected chi connectivity index (χ0v) is 12.5. The van der Waals surface area contributed by atoms with Crippen LogP contribution < -0.4 is 5.32 Å². The summed E-state index contributed by atoms with van der Waals surface area (Å²) in [5.74, 6) is 0.0704. The van der Waals surface area contributed by atoms with Crippen LogP contribution in [-0.2, 0) is 13.1 Å². The normalized spacial score (nSPS) is 14.6. The van der Waals surface area contributed by atoms with E-state index in [1.165, 1.54) is 11.1 Å². The summed E-state index contributed by atoms with van der Waals surface area (Å²) in [6.45, 7) is 3.82. The molecule has 1 heterocycles. The Hall–Kier alpha value is -2.13. The van der Waals surface area contributed by atoms with Gasteiger partial charge in [0.15, 0.2) is 0 Å². The van der Waals surface area contributed by atoms with E-state index < -0.39 is 0 Å². The summed E-state index contributed by atoms with van der Waals surface area (Å²) < 4.78 is 0. The summed E-state index contributed by atoms with van der Waals surface area (Å²) in [5, 5.41) is 3.31. The van der Waals surface area contributed by atoms with Gasteiger partial charge >= 0.3 is 0 Å². The maximum absolute atomic E-state index is 12.7. The molecule has 3 nitrogen and oxygen atoms in total. The van der Waals surface area contributed by atoms with Crippen LogP contribution in [0.2, 0.25) is 0 Å². The van der Waals surface area contributed by atoms with Gasteiger partial charge in [0, 0.05) is 25.7 Å². The molecule has 0 bridgehead atoms. The van der Waals surface area contributed by atoms with Crippen LogP contribution >= 0.6 is 0 Å². The van der Waals surface area contributed by atoms with Gasteiger partial charge < -0.3 is 10.2 Å². The van der Waals surface area contributed by atoms with E-state index in [9.17, 15) is 4.79 Å². The molecule has 1 aliphatic heterocycles. The van der Waals surface area contributed by atoms with Crippen LogP contribution in [0.25, 0.3) is 0 Å². The van der Waals surface area contributed by atoms with Crippen molar-refractivity contribution in [3.8, 4) is 0 Å². The fourth-order valence-electron chi connectivity index (χ4n) is 2.76. The molecular formula is C18H20N2O. The van der Waals surface area contributed by atoms with Crippen LogP contribution in [0.5, 0.6) is 0 Å². The summed E-state index contributed by atoms with van der Waals surface area (Å²) >= 11 is 0. The summed E-state index contributed by atoms with van der Waals surface area (Å²) in [6, 6.07) is 16.2. The minimum Gasteiger partial charge on any atom is -0.335 e. The van der Waals surface area contributed by atoms with Crippen molar-refractivity contribution in [2.45, 2.75) is 26.1 Å². The lowest BCUT2D eigenvalue weighted by atomic mass is 10.0. The molecule has 0 aliphatic carbocycles. The lowest BCUT2D eigenvalue weighted by Crippen LogP contribution is -2.29. The maximum Gasteiger partial charge on any atom is 0.254 e. The Bertz CT molecular complexity index is 652. The molecule has 0 spiro atoms. The smallest absolute Gasteiger partial charge is 0.254 e. The van der Waals surface area contributed by atoms with Crippen molar-refractivity contribution in [2.24, 2.45) is 0 Å². The van der Waals surface area contributed by atoms with E-state index in [1.807, 2.05) is 37.4 Å². The molecule has 1 N–H and O–H groups in total. The number of amides is 1. The minimum absolute atomic E-state index is 0.0603. The number of fused-ring (bicyclic) bond motifs is 1. The number of rotatable bonds is 3. The van der Waals surface area contributed by atoms with E-state index in [4.69, 9.17) is 0 Å². The number of nitrogens with one attached hydrogen (secondary N) is 1. The highest BCUT2D eigenvalue weighted by atomic mass is 16.2. The Labute approximate surface area is 125 Å². The molecule has 0 aromatic heterocycles. The summed E-state index contributed by atoms with van der Waals surface area (Å²) in [7, 11) is 1.87. The molecule has 0 fully saturated rings. The van der Waals surface area contributed by atoms with Gasteiger partial charge in [0.05, 0.1) is 6.04 Å². The molecule has 1 aliphatic rings. The van der Waals surface area contributed by atoms with Crippen LogP contribution in [0.15, 0.2) is 48.5 Å². The minimum atomic E-state index is 0.0603. The third-order valence-corrected chi connectivity index (χ3v) is 4.27. The summed E-state index contributed by atoms with van der Waals surface area (Å²) in [4.78, 5) is 14.5. The monoisotopic (exact) mass is 280 g/mol. The largest absolute Gasteiger partial charge is 0.335 e. The molecule has 3 rings (SSSR count). The Kier molecular flexibility index (Phi) is 3.76. The van der Waals surface area contributed by atoms with E-state index in [-0.39, 0.29) is 11.9 Å². The van der Waals surface area contributed by atoms with Gasteiger partial charge in [-0.3, -0.25) is 4.79 Å². The fourth-order valence-corrected chi connectivity index (χ4v) is 2.76. The van der Waals surface area contributed by atoms with Gasteiger partial charge in [-0.25, -0.2) is 0 Å². The quantitative estimate of drug-likeness (QED) is 0.937. The van der Waals surface area contributed by atoms with Gasteiger partial charge in [0.25, 0.3) is 5.91 Å². The summed E-state index contributed by atoms with van der Waals surface area (Å²) in [5.41, 5.74) is 4.45. The number of benzene rings is 2. The van der Waals surface area contributed by atoms with E-state index >= 15 is 0 Å². The zero-order valence-electron chi connectivity index (χ0n) is 12.5. The van der Waals surface area contributed by atoms with Crippen LogP contribution in [0, 0.1) is 0 Å². The fraction of sp³-hybridized carbons (Fsp3) is 0.278. The molecule has 108 valence electrons. The molecule has 0 saturated heterocycles. The van der Waals surface area contributed by atoms with Gasteiger partial charge in [-0.1, -0.05) is 36.4 Å². The Balaban J connectivity index is 1.81. The van der Waals surface area contributed by atoms with Crippen LogP contribution in [0.3, 0.4) is 0 Å². The van der Waals surface area contributed by atoms with Crippen molar-refractivity contribution in [2.75, 3.05) is 7.05 Å². The van der Waals surface area contributed by atoms with Crippen molar-refractivity contribution >= 4 is 5.91 Å². The molecule has 1 amide bonds. The van der Waals surface area contributed by atoms with Crippen LogP contribution in [-0.4, -0.2) is 17.9 Å². The van der Waals surface area contributed by atoms with Gasteiger partial charge in [-0.15, -0.1) is 0 Å². The average molecular weight is 280 g/mol. The Morgan fingerprint density at radius 2 is 1.81 bits per heavy atom. The SMILES string of the molecule is CC(c1ccccc1)N(C)C(=O)c1ccc2c(c1)CNC2. The Morgan fingerprint density at radius 3 is 2.57 bits per heavy atom. The molecule has 2 aromatic rings. The van der Waals surface area contributed by atoms with E-state index in [2.05, 4.69) is 30.4 Å². The number of carbonyl (C=O) groups excluding carboxylic acids is 1. The second-order valence-electron chi connectivity index (χ2n) is 5.59. The van der Waals surface area contributed by atoms with E-state index in [0.29, 0.717) is 0 Å². The van der Waals surface area contributed by atoms with Crippen molar-refractivity contribution in [3.63, 3.8) is 0 Å². The predicted octanol–water partition coefficient (Wildman–Crippen LogP) is 3.12. The van der Waals surface area contributed by atoms with Gasteiger partial charge in [-0.2, -0.15) is 0 Å².